The maximum absolute atomic E-state index is 11.8. The standard InChI is InChI=1S/C12H17NO3/c1-3-8-7-13(12(15)16-4-2)10-5-9(8)6-11(10)14/h3,9-10H,4-7H2,1-2H3/b8-3-/t9-,10+/m1/s1. The van der Waals surface area contributed by atoms with Crippen LogP contribution >= 0.6 is 0 Å². The molecule has 0 spiro atoms. The Morgan fingerprint density at radius 1 is 1.62 bits per heavy atom. The van der Waals surface area contributed by atoms with Crippen molar-refractivity contribution in [3.8, 4) is 0 Å². The molecule has 0 aromatic rings. The molecule has 1 aliphatic heterocycles. The molecule has 2 rings (SSSR count). The summed E-state index contributed by atoms with van der Waals surface area (Å²) < 4.78 is 4.98. The highest BCUT2D eigenvalue weighted by Gasteiger charge is 2.45. The summed E-state index contributed by atoms with van der Waals surface area (Å²) in [6.07, 6.45) is 3.02. The van der Waals surface area contributed by atoms with Crippen molar-refractivity contribution < 1.29 is 14.3 Å². The molecule has 1 amide bonds. The SMILES string of the molecule is C/C=C1/CN(C(=O)OCC)[C@H]2C[C@@H]1CC2=O. The number of fused-ring (bicyclic) bond motifs is 2. The number of Topliss-reactive ketones (excluding diaryl/α,β-unsaturated/α-hetero) is 1. The molecule has 1 saturated carbocycles. The van der Waals surface area contributed by atoms with Gasteiger partial charge in [0.05, 0.1) is 12.6 Å². The van der Waals surface area contributed by atoms with Crippen LogP contribution in [0.15, 0.2) is 11.6 Å². The number of likely N-dealkylation sites (tertiary alicyclic amines) is 1. The Bertz CT molecular complexity index is 348. The van der Waals surface area contributed by atoms with Crippen molar-refractivity contribution in [3.05, 3.63) is 11.6 Å². The van der Waals surface area contributed by atoms with E-state index in [-0.39, 0.29) is 17.9 Å². The number of hydrogen-bond donors (Lipinski definition) is 0. The quantitative estimate of drug-likeness (QED) is 0.636. The summed E-state index contributed by atoms with van der Waals surface area (Å²) in [5, 5.41) is 0. The van der Waals surface area contributed by atoms with E-state index < -0.39 is 0 Å². The predicted molar refractivity (Wildman–Crippen MR) is 59.0 cm³/mol. The molecule has 1 aliphatic carbocycles. The molecule has 2 fully saturated rings. The molecular formula is C12H17NO3. The predicted octanol–water partition coefficient (Wildman–Crippen LogP) is 1.75. The molecule has 2 aliphatic rings. The molecule has 0 aromatic heterocycles. The van der Waals surface area contributed by atoms with Gasteiger partial charge >= 0.3 is 6.09 Å². The summed E-state index contributed by atoms with van der Waals surface area (Å²) in [6.45, 7) is 4.64. The Hall–Kier alpha value is -1.32. The van der Waals surface area contributed by atoms with Crippen LogP contribution < -0.4 is 0 Å². The van der Waals surface area contributed by atoms with Gasteiger partial charge in [0.2, 0.25) is 0 Å². The van der Waals surface area contributed by atoms with E-state index in [1.807, 2.05) is 13.0 Å². The Morgan fingerprint density at radius 2 is 2.38 bits per heavy atom. The second kappa shape index (κ2) is 4.28. The normalized spacial score (nSPS) is 31.0. The molecule has 0 aromatic carbocycles. The molecular weight excluding hydrogens is 206 g/mol. The second-order valence-corrected chi connectivity index (χ2v) is 4.31. The average Bonchev–Trinajstić information content (AvgIpc) is 2.58. The number of hydrogen-bond acceptors (Lipinski definition) is 3. The van der Waals surface area contributed by atoms with Gasteiger partial charge in [-0.15, -0.1) is 0 Å². The zero-order valence-electron chi connectivity index (χ0n) is 9.73. The molecule has 2 bridgehead atoms. The maximum Gasteiger partial charge on any atom is 0.410 e. The summed E-state index contributed by atoms with van der Waals surface area (Å²) in [7, 11) is 0. The van der Waals surface area contributed by atoms with Crippen molar-refractivity contribution in [1.29, 1.82) is 0 Å². The lowest BCUT2D eigenvalue weighted by atomic mass is 9.93. The summed E-state index contributed by atoms with van der Waals surface area (Å²) in [5.41, 5.74) is 1.19. The first-order valence-electron chi connectivity index (χ1n) is 5.78. The Kier molecular flexibility index (Phi) is 2.99. The Labute approximate surface area is 95.2 Å². The second-order valence-electron chi connectivity index (χ2n) is 4.31. The number of nitrogens with zero attached hydrogens (tertiary/aromatic N) is 1. The highest BCUT2D eigenvalue weighted by Crippen LogP contribution is 2.37. The van der Waals surface area contributed by atoms with E-state index in [0.717, 1.165) is 6.42 Å². The van der Waals surface area contributed by atoms with Crippen molar-refractivity contribution in [1.82, 2.24) is 4.90 Å². The van der Waals surface area contributed by atoms with Crippen molar-refractivity contribution in [2.75, 3.05) is 13.2 Å². The lowest BCUT2D eigenvalue weighted by molar-refractivity contribution is -0.121. The molecule has 4 heteroatoms. The number of carbonyl (C=O) groups excluding carboxylic acids is 2. The van der Waals surface area contributed by atoms with Crippen LogP contribution in [0, 0.1) is 5.92 Å². The number of rotatable bonds is 1. The fraction of sp³-hybridized carbons (Fsp3) is 0.667. The van der Waals surface area contributed by atoms with Gasteiger partial charge in [0, 0.05) is 13.0 Å². The molecule has 88 valence electrons. The Balaban J connectivity index is 2.19. The van der Waals surface area contributed by atoms with Gasteiger partial charge in [-0.1, -0.05) is 11.6 Å². The lowest BCUT2D eigenvalue weighted by Gasteiger charge is -2.33. The third kappa shape index (κ3) is 1.72. The van der Waals surface area contributed by atoms with Crippen molar-refractivity contribution in [2.24, 2.45) is 5.92 Å². The lowest BCUT2D eigenvalue weighted by Crippen LogP contribution is -2.46. The van der Waals surface area contributed by atoms with E-state index >= 15 is 0 Å². The third-order valence-corrected chi connectivity index (χ3v) is 3.45. The molecule has 2 atom stereocenters. The number of carbonyl (C=O) groups is 2. The third-order valence-electron chi connectivity index (χ3n) is 3.45. The molecule has 0 radical (unpaired) electrons. The first kappa shape index (κ1) is 11.2. The van der Waals surface area contributed by atoms with E-state index in [2.05, 4.69) is 0 Å². The minimum atomic E-state index is -0.361. The van der Waals surface area contributed by atoms with Gasteiger partial charge in [-0.2, -0.15) is 0 Å². The number of allylic oxidation sites excluding steroid dienone is 1. The van der Waals surface area contributed by atoms with Crippen LogP contribution in [0.5, 0.6) is 0 Å². The molecule has 16 heavy (non-hydrogen) atoms. The highest BCUT2D eigenvalue weighted by atomic mass is 16.6. The smallest absolute Gasteiger partial charge is 0.410 e. The van der Waals surface area contributed by atoms with Gasteiger partial charge in [0.15, 0.2) is 5.78 Å². The van der Waals surface area contributed by atoms with Crippen molar-refractivity contribution in [2.45, 2.75) is 32.7 Å². The fourth-order valence-corrected chi connectivity index (χ4v) is 2.61. The number of piperidine rings is 1. The highest BCUT2D eigenvalue weighted by molar-refractivity contribution is 5.91. The van der Waals surface area contributed by atoms with Gasteiger partial charge in [0.1, 0.15) is 0 Å². The van der Waals surface area contributed by atoms with Crippen molar-refractivity contribution >= 4 is 11.9 Å². The molecule has 0 N–H and O–H groups in total. The monoisotopic (exact) mass is 223 g/mol. The van der Waals surface area contributed by atoms with Gasteiger partial charge in [-0.25, -0.2) is 4.79 Å². The molecule has 4 nitrogen and oxygen atoms in total. The summed E-state index contributed by atoms with van der Waals surface area (Å²) in [4.78, 5) is 25.1. The van der Waals surface area contributed by atoms with Crippen LogP contribution in [0.1, 0.15) is 26.7 Å². The molecule has 0 unspecified atom stereocenters. The minimum Gasteiger partial charge on any atom is -0.450 e. The first-order chi connectivity index (χ1) is 7.67. The summed E-state index contributed by atoms with van der Waals surface area (Å²) in [6, 6.07) is -0.243. The van der Waals surface area contributed by atoms with Crippen LogP contribution in [-0.4, -0.2) is 36.0 Å². The van der Waals surface area contributed by atoms with Crippen molar-refractivity contribution in [3.63, 3.8) is 0 Å². The topological polar surface area (TPSA) is 46.6 Å². The number of ether oxygens (including phenoxy) is 1. The van der Waals surface area contributed by atoms with Crippen LogP contribution in [-0.2, 0) is 9.53 Å². The van der Waals surface area contributed by atoms with Crippen LogP contribution in [0.3, 0.4) is 0 Å². The van der Waals surface area contributed by atoms with Crippen LogP contribution in [0.25, 0.3) is 0 Å². The van der Waals surface area contributed by atoms with E-state index in [9.17, 15) is 9.59 Å². The van der Waals surface area contributed by atoms with Crippen LogP contribution in [0.4, 0.5) is 4.79 Å². The van der Waals surface area contributed by atoms with Gasteiger partial charge < -0.3 is 4.74 Å². The maximum atomic E-state index is 11.8. The first-order valence-corrected chi connectivity index (χ1v) is 5.78. The van der Waals surface area contributed by atoms with E-state index in [1.54, 1.807) is 11.8 Å². The zero-order chi connectivity index (χ0) is 11.7. The van der Waals surface area contributed by atoms with E-state index in [0.29, 0.717) is 25.5 Å². The van der Waals surface area contributed by atoms with E-state index in [4.69, 9.17) is 4.74 Å². The number of amides is 1. The Morgan fingerprint density at radius 3 is 3.00 bits per heavy atom. The van der Waals surface area contributed by atoms with Gasteiger partial charge in [0.25, 0.3) is 0 Å². The zero-order valence-corrected chi connectivity index (χ0v) is 9.73. The number of ketones is 1. The minimum absolute atomic E-state index is 0.176. The van der Waals surface area contributed by atoms with Crippen LogP contribution in [0.2, 0.25) is 0 Å². The molecule has 1 heterocycles. The molecule has 1 saturated heterocycles. The largest absolute Gasteiger partial charge is 0.450 e. The summed E-state index contributed by atoms with van der Waals surface area (Å²) in [5.74, 6) is 0.531. The van der Waals surface area contributed by atoms with Gasteiger partial charge in [-0.05, 0) is 26.2 Å². The average molecular weight is 223 g/mol. The summed E-state index contributed by atoms with van der Waals surface area (Å²) >= 11 is 0. The fourth-order valence-electron chi connectivity index (χ4n) is 2.61. The van der Waals surface area contributed by atoms with Gasteiger partial charge in [-0.3, -0.25) is 9.69 Å². The van der Waals surface area contributed by atoms with E-state index in [1.165, 1.54) is 5.57 Å².